The highest BCUT2D eigenvalue weighted by atomic mass is 35.5. The molecule has 5 nitrogen and oxygen atoms in total. The third kappa shape index (κ3) is 2.07. The van der Waals surface area contributed by atoms with Gasteiger partial charge >= 0.3 is 0 Å². The summed E-state index contributed by atoms with van der Waals surface area (Å²) in [6.45, 7) is 3.46. The summed E-state index contributed by atoms with van der Waals surface area (Å²) in [6, 6.07) is 1.52. The van der Waals surface area contributed by atoms with Crippen LogP contribution in [0.25, 0.3) is 0 Å². The monoisotopic (exact) mass is 321 g/mol. The third-order valence-electron chi connectivity index (χ3n) is 5.50. The lowest BCUT2D eigenvalue weighted by atomic mass is 9.75. The second-order valence-electron chi connectivity index (χ2n) is 6.65. The van der Waals surface area contributed by atoms with Gasteiger partial charge in [0.15, 0.2) is 0 Å². The SMILES string of the molecule is NC(=O)c1cc(Cl)c(N)c2c1OC(C1CN3CCC1CC3)C2. The Labute approximate surface area is 134 Å². The fourth-order valence-electron chi connectivity index (χ4n) is 4.28. The zero-order valence-electron chi connectivity index (χ0n) is 12.3. The molecule has 0 radical (unpaired) electrons. The maximum Gasteiger partial charge on any atom is 0.252 e. The van der Waals surface area contributed by atoms with Crippen molar-refractivity contribution in [2.45, 2.75) is 25.4 Å². The van der Waals surface area contributed by atoms with Crippen LogP contribution in [0.2, 0.25) is 5.02 Å². The van der Waals surface area contributed by atoms with Gasteiger partial charge in [0.1, 0.15) is 11.9 Å². The first-order valence-electron chi connectivity index (χ1n) is 7.84. The van der Waals surface area contributed by atoms with E-state index in [9.17, 15) is 4.79 Å². The summed E-state index contributed by atoms with van der Waals surface area (Å²) in [7, 11) is 0. The number of fused-ring (bicyclic) bond motifs is 4. The van der Waals surface area contributed by atoms with Crippen LogP contribution >= 0.6 is 11.6 Å². The Balaban J connectivity index is 1.67. The molecule has 2 unspecified atom stereocenters. The molecule has 1 aromatic rings. The van der Waals surface area contributed by atoms with Gasteiger partial charge < -0.3 is 21.1 Å². The van der Waals surface area contributed by atoms with E-state index in [-0.39, 0.29) is 6.10 Å². The average Bonchev–Trinajstić information content (AvgIpc) is 2.97. The summed E-state index contributed by atoms with van der Waals surface area (Å²) in [6.07, 6.45) is 3.26. The second kappa shape index (κ2) is 5.03. The van der Waals surface area contributed by atoms with E-state index in [1.165, 1.54) is 32.0 Å². The number of carbonyl (C=O) groups excluding carboxylic acids is 1. The normalized spacial score (nSPS) is 32.6. The van der Waals surface area contributed by atoms with Crippen molar-refractivity contribution in [3.8, 4) is 5.75 Å². The number of anilines is 1. The van der Waals surface area contributed by atoms with Crippen molar-refractivity contribution in [1.29, 1.82) is 0 Å². The van der Waals surface area contributed by atoms with Crippen LogP contribution < -0.4 is 16.2 Å². The standard InChI is InChI=1S/C16H20ClN3O2/c17-12-5-10(16(19)21)15-9(14(12)18)6-13(22-15)11-7-20-3-1-8(11)2-4-20/h5,8,11,13H,1-4,6-7,18H2,(H2,19,21). The Morgan fingerprint density at radius 3 is 2.68 bits per heavy atom. The smallest absolute Gasteiger partial charge is 0.252 e. The Morgan fingerprint density at radius 1 is 1.36 bits per heavy atom. The minimum Gasteiger partial charge on any atom is -0.489 e. The van der Waals surface area contributed by atoms with Gasteiger partial charge in [0.2, 0.25) is 0 Å². The highest BCUT2D eigenvalue weighted by Crippen LogP contribution is 2.45. The van der Waals surface area contributed by atoms with E-state index < -0.39 is 5.91 Å². The van der Waals surface area contributed by atoms with Crippen LogP contribution in [0.1, 0.15) is 28.8 Å². The number of rotatable bonds is 2. The minimum atomic E-state index is -0.521. The number of nitrogens with two attached hydrogens (primary N) is 2. The number of nitrogens with zero attached hydrogens (tertiary/aromatic N) is 1. The van der Waals surface area contributed by atoms with Crippen LogP contribution in [0.15, 0.2) is 6.07 Å². The number of primary amides is 1. The molecule has 0 saturated carbocycles. The van der Waals surface area contributed by atoms with Crippen LogP contribution in [-0.2, 0) is 6.42 Å². The summed E-state index contributed by atoms with van der Waals surface area (Å²) in [5.74, 6) is 1.23. The zero-order valence-corrected chi connectivity index (χ0v) is 13.1. The van der Waals surface area contributed by atoms with E-state index >= 15 is 0 Å². The van der Waals surface area contributed by atoms with Crippen LogP contribution in [-0.4, -0.2) is 36.5 Å². The molecule has 0 aliphatic carbocycles. The molecule has 1 aromatic carbocycles. The molecule has 4 N–H and O–H groups in total. The van der Waals surface area contributed by atoms with Gasteiger partial charge in [0.05, 0.1) is 16.3 Å². The Bertz CT molecular complexity index is 641. The Hall–Kier alpha value is -1.46. The summed E-state index contributed by atoms with van der Waals surface area (Å²) in [5.41, 5.74) is 13.3. The number of hydrogen-bond donors (Lipinski definition) is 2. The van der Waals surface area contributed by atoms with Crippen molar-refractivity contribution < 1.29 is 9.53 Å². The van der Waals surface area contributed by atoms with Gasteiger partial charge in [-0.25, -0.2) is 0 Å². The van der Waals surface area contributed by atoms with Gasteiger partial charge in [-0.1, -0.05) is 11.6 Å². The lowest BCUT2D eigenvalue weighted by Crippen LogP contribution is -2.52. The molecule has 0 spiro atoms. The molecular formula is C16H20ClN3O2. The van der Waals surface area contributed by atoms with E-state index in [0.717, 1.165) is 18.5 Å². The van der Waals surface area contributed by atoms with Gasteiger partial charge in [-0.15, -0.1) is 0 Å². The van der Waals surface area contributed by atoms with Gasteiger partial charge in [-0.3, -0.25) is 4.79 Å². The number of amides is 1. The number of halogens is 1. The van der Waals surface area contributed by atoms with Crippen molar-refractivity contribution >= 4 is 23.2 Å². The fourth-order valence-corrected chi connectivity index (χ4v) is 4.51. The van der Waals surface area contributed by atoms with E-state index in [4.69, 9.17) is 27.8 Å². The van der Waals surface area contributed by atoms with Crippen LogP contribution in [0.5, 0.6) is 5.75 Å². The second-order valence-corrected chi connectivity index (χ2v) is 7.06. The number of benzene rings is 1. The number of nitrogen functional groups attached to an aromatic ring is 1. The molecule has 4 heterocycles. The van der Waals surface area contributed by atoms with Crippen molar-refractivity contribution in [3.63, 3.8) is 0 Å². The van der Waals surface area contributed by atoms with Gasteiger partial charge in [0.25, 0.3) is 5.91 Å². The van der Waals surface area contributed by atoms with Gasteiger partial charge in [-0.05, 0) is 37.9 Å². The maximum atomic E-state index is 11.7. The summed E-state index contributed by atoms with van der Waals surface area (Å²) >= 11 is 6.14. The Morgan fingerprint density at radius 2 is 2.09 bits per heavy atom. The summed E-state index contributed by atoms with van der Waals surface area (Å²) in [5, 5.41) is 0.380. The molecule has 118 valence electrons. The van der Waals surface area contributed by atoms with E-state index in [0.29, 0.717) is 33.9 Å². The lowest BCUT2D eigenvalue weighted by Gasteiger charge is -2.46. The molecule has 5 rings (SSSR count). The third-order valence-corrected chi connectivity index (χ3v) is 5.81. The first-order valence-corrected chi connectivity index (χ1v) is 8.22. The van der Waals surface area contributed by atoms with Crippen molar-refractivity contribution in [2.75, 3.05) is 25.4 Å². The van der Waals surface area contributed by atoms with Crippen molar-refractivity contribution in [1.82, 2.24) is 4.90 Å². The molecule has 0 aromatic heterocycles. The topological polar surface area (TPSA) is 81.6 Å². The van der Waals surface area contributed by atoms with Crippen LogP contribution in [0.4, 0.5) is 5.69 Å². The van der Waals surface area contributed by atoms with Crippen LogP contribution in [0, 0.1) is 11.8 Å². The predicted octanol–water partition coefficient (Wildman–Crippen LogP) is 1.67. The quantitative estimate of drug-likeness (QED) is 0.812. The maximum absolute atomic E-state index is 11.7. The number of carbonyl (C=O) groups is 1. The summed E-state index contributed by atoms with van der Waals surface area (Å²) < 4.78 is 6.16. The molecule has 3 saturated heterocycles. The molecule has 1 amide bonds. The number of hydrogen-bond acceptors (Lipinski definition) is 4. The Kier molecular flexibility index (Phi) is 3.24. The molecule has 6 heteroatoms. The van der Waals surface area contributed by atoms with Crippen molar-refractivity contribution in [2.24, 2.45) is 17.6 Å². The average molecular weight is 322 g/mol. The van der Waals surface area contributed by atoms with Crippen LogP contribution in [0.3, 0.4) is 0 Å². The molecule has 2 atom stereocenters. The minimum absolute atomic E-state index is 0.0713. The van der Waals surface area contributed by atoms with Crippen molar-refractivity contribution in [3.05, 3.63) is 22.2 Å². The van der Waals surface area contributed by atoms with Gasteiger partial charge in [-0.2, -0.15) is 0 Å². The lowest BCUT2D eigenvalue weighted by molar-refractivity contribution is -0.00677. The zero-order chi connectivity index (χ0) is 15.4. The largest absolute Gasteiger partial charge is 0.489 e. The van der Waals surface area contributed by atoms with Gasteiger partial charge in [0, 0.05) is 24.4 Å². The highest BCUT2D eigenvalue weighted by Gasteiger charge is 2.43. The fraction of sp³-hybridized carbons (Fsp3) is 0.562. The molecule has 22 heavy (non-hydrogen) atoms. The summed E-state index contributed by atoms with van der Waals surface area (Å²) in [4.78, 5) is 14.2. The molecule has 4 aliphatic heterocycles. The number of ether oxygens (including phenoxy) is 1. The predicted molar refractivity (Wildman–Crippen MR) is 85.2 cm³/mol. The first kappa shape index (κ1) is 14.2. The highest BCUT2D eigenvalue weighted by molar-refractivity contribution is 6.33. The first-order chi connectivity index (χ1) is 10.5. The molecule has 3 fully saturated rings. The molecule has 4 aliphatic rings. The molecular weight excluding hydrogens is 302 g/mol. The molecule has 2 bridgehead atoms. The van der Waals surface area contributed by atoms with E-state index in [1.54, 1.807) is 0 Å². The number of piperidine rings is 3. The van der Waals surface area contributed by atoms with E-state index in [2.05, 4.69) is 4.90 Å². The van der Waals surface area contributed by atoms with E-state index in [1.807, 2.05) is 0 Å².